The number of hydrogen-bond acceptors (Lipinski definition) is 6. The van der Waals surface area contributed by atoms with Gasteiger partial charge >= 0.3 is 0 Å². The van der Waals surface area contributed by atoms with Crippen molar-refractivity contribution in [2.24, 2.45) is 0 Å². The summed E-state index contributed by atoms with van der Waals surface area (Å²) in [6.07, 6.45) is 11.8. The molecule has 0 radical (unpaired) electrons. The average Bonchev–Trinajstić information content (AvgIpc) is 3.86. The molecule has 0 saturated carbocycles. The van der Waals surface area contributed by atoms with E-state index in [9.17, 15) is 0 Å². The second-order valence-corrected chi connectivity index (χ2v) is 16.3. The lowest BCUT2D eigenvalue weighted by Gasteiger charge is -2.11. The van der Waals surface area contributed by atoms with Crippen LogP contribution in [0.4, 0.5) is 0 Å². The van der Waals surface area contributed by atoms with Crippen LogP contribution in [0.2, 0.25) is 0 Å². The van der Waals surface area contributed by atoms with Gasteiger partial charge in [-0.2, -0.15) is 5.26 Å². The molecule has 6 aromatic rings. The minimum atomic E-state index is 0.679. The number of ether oxygens (including phenoxy) is 3. The Bertz CT molecular complexity index is 2220. The number of aryl methyl sites for hydroxylation is 2. The molecule has 0 aliphatic heterocycles. The van der Waals surface area contributed by atoms with Gasteiger partial charge < -0.3 is 14.2 Å². The quantitative estimate of drug-likeness (QED) is 0.0932. The summed E-state index contributed by atoms with van der Waals surface area (Å²) in [6, 6.07) is 31.3. The van der Waals surface area contributed by atoms with Crippen molar-refractivity contribution >= 4 is 54.0 Å². The second kappa shape index (κ2) is 16.8. The Morgan fingerprint density at radius 1 is 0.577 bits per heavy atom. The standard InChI is InChI=1S/C46H47NO3S2/c1-31-45(41-24-22-37(48-3)28-43(41)51-31)39-12-11-13-40(39)46-32(2)52-44-29-38(23-25-42(44)46)50-27-10-8-6-4-5-7-9-26-49-36-20-18-35(19-21-36)34-16-14-33(30-47)15-17-34/h14-25,28-29H,4-13,26-27H2,1-3H3. The maximum absolute atomic E-state index is 9.00. The lowest BCUT2D eigenvalue weighted by atomic mass is 9.93. The van der Waals surface area contributed by atoms with E-state index in [-0.39, 0.29) is 0 Å². The van der Waals surface area contributed by atoms with Crippen LogP contribution in [0.15, 0.2) is 84.9 Å². The van der Waals surface area contributed by atoms with Crippen LogP contribution in [0.5, 0.6) is 17.2 Å². The summed E-state index contributed by atoms with van der Waals surface area (Å²) < 4.78 is 20.4. The van der Waals surface area contributed by atoms with Crippen molar-refractivity contribution in [2.75, 3.05) is 20.3 Å². The van der Waals surface area contributed by atoms with Crippen molar-refractivity contribution in [2.45, 2.75) is 78.1 Å². The average molecular weight is 726 g/mol. The van der Waals surface area contributed by atoms with Gasteiger partial charge in [-0.05, 0) is 140 Å². The molecular formula is C46H47NO3S2. The first kappa shape index (κ1) is 35.8. The van der Waals surface area contributed by atoms with Crippen molar-refractivity contribution < 1.29 is 14.2 Å². The molecule has 0 bridgehead atoms. The molecule has 0 unspecified atom stereocenters. The van der Waals surface area contributed by atoms with Gasteiger partial charge in [0.2, 0.25) is 0 Å². The molecule has 0 fully saturated rings. The number of nitriles is 1. The summed E-state index contributed by atoms with van der Waals surface area (Å²) in [6.45, 7) is 6.09. The molecule has 0 amide bonds. The molecule has 0 spiro atoms. The van der Waals surface area contributed by atoms with E-state index in [1.807, 2.05) is 59.1 Å². The van der Waals surface area contributed by atoms with E-state index in [0.29, 0.717) is 5.56 Å². The molecular weight excluding hydrogens is 679 g/mol. The fourth-order valence-electron chi connectivity index (χ4n) is 7.61. The van der Waals surface area contributed by atoms with Crippen LogP contribution in [0, 0.1) is 25.2 Å². The molecule has 2 aromatic heterocycles. The number of fused-ring (bicyclic) bond motifs is 2. The van der Waals surface area contributed by atoms with Crippen LogP contribution in [-0.4, -0.2) is 20.3 Å². The highest BCUT2D eigenvalue weighted by Crippen LogP contribution is 2.49. The van der Waals surface area contributed by atoms with Gasteiger partial charge in [-0.3, -0.25) is 0 Å². The Hall–Kier alpha value is -4.57. The van der Waals surface area contributed by atoms with Gasteiger partial charge in [0.25, 0.3) is 0 Å². The van der Waals surface area contributed by atoms with E-state index in [0.717, 1.165) is 67.3 Å². The first-order valence-electron chi connectivity index (χ1n) is 18.7. The number of methoxy groups -OCH3 is 1. The Morgan fingerprint density at radius 2 is 1.04 bits per heavy atom. The number of hydrogen-bond donors (Lipinski definition) is 0. The smallest absolute Gasteiger partial charge is 0.120 e. The maximum Gasteiger partial charge on any atom is 0.120 e. The SMILES string of the molecule is COc1ccc2c(C3=C(c4c(C)sc5cc(OCCCCCCCCCOc6ccc(-c7ccc(C#N)cc7)cc6)ccc45)CCC3)c(C)sc2c1. The van der Waals surface area contributed by atoms with Crippen LogP contribution in [-0.2, 0) is 0 Å². The van der Waals surface area contributed by atoms with Crippen LogP contribution < -0.4 is 14.2 Å². The second-order valence-electron chi connectivity index (χ2n) is 13.8. The van der Waals surface area contributed by atoms with Crippen LogP contribution in [0.25, 0.3) is 42.4 Å². The number of rotatable bonds is 16. The molecule has 52 heavy (non-hydrogen) atoms. The minimum Gasteiger partial charge on any atom is -0.497 e. The zero-order chi connectivity index (χ0) is 35.9. The van der Waals surface area contributed by atoms with E-state index in [4.69, 9.17) is 19.5 Å². The normalized spacial score (nSPS) is 12.9. The van der Waals surface area contributed by atoms with Crippen molar-refractivity contribution in [3.63, 3.8) is 0 Å². The Kier molecular flexibility index (Phi) is 11.6. The van der Waals surface area contributed by atoms with E-state index < -0.39 is 0 Å². The summed E-state index contributed by atoms with van der Waals surface area (Å²) in [7, 11) is 1.74. The largest absolute Gasteiger partial charge is 0.497 e. The van der Waals surface area contributed by atoms with Crippen LogP contribution in [0.3, 0.4) is 0 Å². The Morgan fingerprint density at radius 3 is 1.58 bits per heavy atom. The molecule has 7 rings (SSSR count). The van der Waals surface area contributed by atoms with Crippen molar-refractivity contribution in [1.29, 1.82) is 5.26 Å². The van der Waals surface area contributed by atoms with Gasteiger partial charge in [0, 0.05) is 29.9 Å². The highest BCUT2D eigenvalue weighted by molar-refractivity contribution is 7.19. The van der Waals surface area contributed by atoms with E-state index in [1.54, 1.807) is 7.11 Å². The van der Waals surface area contributed by atoms with Gasteiger partial charge in [-0.25, -0.2) is 0 Å². The summed E-state index contributed by atoms with van der Waals surface area (Å²) in [5.41, 5.74) is 8.88. The lowest BCUT2D eigenvalue weighted by Crippen LogP contribution is -1.98. The molecule has 0 atom stereocenters. The summed E-state index contributed by atoms with van der Waals surface area (Å²) in [5, 5.41) is 11.7. The first-order valence-corrected chi connectivity index (χ1v) is 20.3. The first-order chi connectivity index (χ1) is 25.5. The molecule has 6 heteroatoms. The summed E-state index contributed by atoms with van der Waals surface area (Å²) in [5.74, 6) is 2.82. The fraction of sp³-hybridized carbons (Fsp3) is 0.326. The number of unbranched alkanes of at least 4 members (excludes halogenated alkanes) is 6. The third-order valence-corrected chi connectivity index (χ3v) is 12.4. The summed E-state index contributed by atoms with van der Waals surface area (Å²) >= 11 is 3.79. The maximum atomic E-state index is 9.00. The van der Waals surface area contributed by atoms with Gasteiger partial charge in [0.15, 0.2) is 0 Å². The number of thiophene rings is 2. The topological polar surface area (TPSA) is 51.5 Å². The zero-order valence-corrected chi connectivity index (χ0v) is 32.2. The molecule has 266 valence electrons. The molecule has 4 aromatic carbocycles. The predicted molar refractivity (Wildman–Crippen MR) is 220 cm³/mol. The molecule has 0 N–H and O–H groups in total. The third kappa shape index (κ3) is 8.07. The van der Waals surface area contributed by atoms with Gasteiger partial charge in [0.1, 0.15) is 17.2 Å². The van der Waals surface area contributed by atoms with E-state index >= 15 is 0 Å². The fourth-order valence-corrected chi connectivity index (χ4v) is 9.85. The molecule has 1 aliphatic rings. The van der Waals surface area contributed by atoms with Crippen molar-refractivity contribution in [3.05, 3.63) is 111 Å². The molecule has 1 aliphatic carbocycles. The van der Waals surface area contributed by atoms with E-state index in [2.05, 4.69) is 68.4 Å². The van der Waals surface area contributed by atoms with Gasteiger partial charge in [0.05, 0.1) is 32.0 Å². The monoisotopic (exact) mass is 725 g/mol. The molecule has 2 heterocycles. The highest BCUT2D eigenvalue weighted by atomic mass is 32.1. The number of nitrogens with zero attached hydrogens (tertiary/aromatic N) is 1. The van der Waals surface area contributed by atoms with Gasteiger partial charge in [-0.15, -0.1) is 22.7 Å². The number of allylic oxidation sites excluding steroid dienone is 2. The number of benzene rings is 4. The Balaban J connectivity index is 0.836. The van der Waals surface area contributed by atoms with Crippen molar-refractivity contribution in [1.82, 2.24) is 0 Å². The lowest BCUT2D eigenvalue weighted by molar-refractivity contribution is 0.300. The highest BCUT2D eigenvalue weighted by Gasteiger charge is 2.25. The molecule has 4 nitrogen and oxygen atoms in total. The third-order valence-electron chi connectivity index (χ3n) is 10.3. The summed E-state index contributed by atoms with van der Waals surface area (Å²) in [4.78, 5) is 2.80. The molecule has 0 saturated heterocycles. The minimum absolute atomic E-state index is 0.679. The van der Waals surface area contributed by atoms with Crippen LogP contribution >= 0.6 is 22.7 Å². The zero-order valence-electron chi connectivity index (χ0n) is 30.6. The van der Waals surface area contributed by atoms with Gasteiger partial charge in [-0.1, -0.05) is 56.4 Å². The van der Waals surface area contributed by atoms with Crippen LogP contribution in [0.1, 0.15) is 90.7 Å². The van der Waals surface area contributed by atoms with Crippen molar-refractivity contribution in [3.8, 4) is 34.4 Å². The predicted octanol–water partition coefficient (Wildman–Crippen LogP) is 13.6. The van der Waals surface area contributed by atoms with E-state index in [1.165, 1.54) is 90.7 Å². The Labute approximate surface area is 316 Å².